The molecule has 1 aromatic carbocycles. The maximum atomic E-state index is 14.0. The first-order valence-corrected chi connectivity index (χ1v) is 8.87. The topological polar surface area (TPSA) is 52.6 Å². The van der Waals surface area contributed by atoms with Crippen LogP contribution in [0, 0.1) is 0 Å². The van der Waals surface area contributed by atoms with Crippen molar-refractivity contribution < 1.29 is 14.3 Å². The lowest BCUT2D eigenvalue weighted by molar-refractivity contribution is -0.119. The maximum Gasteiger partial charge on any atom is 0.228 e. The van der Waals surface area contributed by atoms with Gasteiger partial charge in [-0.05, 0) is 43.2 Å². The summed E-state index contributed by atoms with van der Waals surface area (Å²) in [6.07, 6.45) is 8.60. The van der Waals surface area contributed by atoms with Gasteiger partial charge in [-0.1, -0.05) is 11.6 Å². The Kier molecular flexibility index (Phi) is 3.80. The summed E-state index contributed by atoms with van der Waals surface area (Å²) in [5.41, 5.74) is 0.253. The fraction of sp³-hybridized carbons (Fsp3) is 0.421. The van der Waals surface area contributed by atoms with Crippen LogP contribution in [0.5, 0.6) is 5.75 Å². The van der Waals surface area contributed by atoms with Crippen LogP contribution in [0.25, 0.3) is 0 Å². The number of alkyl halides is 1. The normalized spacial score (nSPS) is 30.0. The summed E-state index contributed by atoms with van der Waals surface area (Å²) in [4.78, 5) is 14.4. The number of nitrogens with one attached hydrogen (secondary N) is 1. The summed E-state index contributed by atoms with van der Waals surface area (Å²) in [7, 11) is 0. The highest BCUT2D eigenvalue weighted by Crippen LogP contribution is 2.60. The van der Waals surface area contributed by atoms with Crippen LogP contribution >= 0.6 is 11.6 Å². The number of rotatable bonds is 4. The first-order valence-electron chi connectivity index (χ1n) is 8.49. The number of halogens is 2. The molecule has 1 amide bonds. The number of fused-ring (bicyclic) bond motifs is 1. The summed E-state index contributed by atoms with van der Waals surface area (Å²) >= 11 is 5.90. The molecule has 0 atom stereocenters. The molecule has 6 heteroatoms. The van der Waals surface area contributed by atoms with Crippen LogP contribution in [0.1, 0.15) is 31.2 Å². The van der Waals surface area contributed by atoms with Crippen molar-refractivity contribution in [2.75, 3.05) is 6.54 Å². The molecule has 0 unspecified atom stereocenters. The summed E-state index contributed by atoms with van der Waals surface area (Å²) in [6.45, 7) is 0.671. The van der Waals surface area contributed by atoms with E-state index in [2.05, 4.69) is 10.2 Å². The molecular formula is C19H20ClFN2O2. The van der Waals surface area contributed by atoms with E-state index in [0.717, 1.165) is 12.1 Å². The minimum absolute atomic E-state index is 0.0239. The average molecular weight is 363 g/mol. The molecule has 0 saturated heterocycles. The van der Waals surface area contributed by atoms with Crippen molar-refractivity contribution in [2.45, 2.75) is 43.3 Å². The number of carbonyl (C=O) groups excluding carboxylic acids is 1. The van der Waals surface area contributed by atoms with E-state index in [4.69, 9.17) is 11.6 Å². The maximum absolute atomic E-state index is 14.0. The first-order chi connectivity index (χ1) is 11.9. The zero-order valence-corrected chi connectivity index (χ0v) is 14.5. The number of hydrogen-bond acceptors (Lipinski definition) is 3. The number of phenols is 1. The molecule has 2 bridgehead atoms. The predicted molar refractivity (Wildman–Crippen MR) is 93.9 cm³/mol. The van der Waals surface area contributed by atoms with Gasteiger partial charge in [0.25, 0.3) is 0 Å². The Balaban J connectivity index is 1.34. The summed E-state index contributed by atoms with van der Waals surface area (Å²) < 4.78 is 14.0. The van der Waals surface area contributed by atoms with Crippen LogP contribution in [-0.4, -0.2) is 33.7 Å². The van der Waals surface area contributed by atoms with Gasteiger partial charge in [0.2, 0.25) is 5.91 Å². The molecule has 4 nitrogen and oxygen atoms in total. The van der Waals surface area contributed by atoms with Crippen molar-refractivity contribution in [3.63, 3.8) is 0 Å². The zero-order valence-electron chi connectivity index (χ0n) is 13.8. The van der Waals surface area contributed by atoms with Gasteiger partial charge in [-0.2, -0.15) is 0 Å². The number of phenolic OH excluding ortho intramolecular Hbond substituents is 1. The third kappa shape index (κ3) is 3.01. The minimum atomic E-state index is -0.939. The highest BCUT2D eigenvalue weighted by atomic mass is 35.5. The molecule has 3 aliphatic carbocycles. The van der Waals surface area contributed by atoms with Gasteiger partial charge in [0, 0.05) is 47.4 Å². The highest BCUT2D eigenvalue weighted by Gasteiger charge is 2.63. The third-order valence-electron chi connectivity index (χ3n) is 5.56. The second-order valence-corrected chi connectivity index (χ2v) is 7.79. The van der Waals surface area contributed by atoms with Gasteiger partial charge < -0.3 is 15.3 Å². The average Bonchev–Trinajstić information content (AvgIpc) is 3.06. The molecule has 1 aliphatic heterocycles. The van der Waals surface area contributed by atoms with Gasteiger partial charge in [-0.3, -0.25) is 4.79 Å². The van der Waals surface area contributed by atoms with E-state index >= 15 is 0 Å². The number of aromatic hydroxyl groups is 1. The quantitative estimate of drug-likeness (QED) is 0.862. The Hall–Kier alpha value is -2.01. The molecular weight excluding hydrogens is 343 g/mol. The van der Waals surface area contributed by atoms with Gasteiger partial charge in [0.1, 0.15) is 11.4 Å². The molecule has 0 aromatic heterocycles. The van der Waals surface area contributed by atoms with Crippen molar-refractivity contribution in [3.05, 3.63) is 52.8 Å². The number of benzene rings is 1. The van der Waals surface area contributed by atoms with E-state index in [1.807, 2.05) is 18.4 Å². The number of hydrogen-bond donors (Lipinski definition) is 2. The number of nitrogens with zero attached hydrogens (tertiary/aromatic N) is 1. The van der Waals surface area contributed by atoms with Gasteiger partial charge in [-0.15, -0.1) is 0 Å². The Labute approximate surface area is 151 Å². The second-order valence-electron chi connectivity index (χ2n) is 7.35. The largest absolute Gasteiger partial charge is 0.508 e. The van der Waals surface area contributed by atoms with Crippen LogP contribution in [0.2, 0.25) is 5.02 Å². The molecule has 5 rings (SSSR count). The van der Waals surface area contributed by atoms with Crippen molar-refractivity contribution in [2.24, 2.45) is 0 Å². The van der Waals surface area contributed by atoms with Gasteiger partial charge in [-0.25, -0.2) is 4.39 Å². The van der Waals surface area contributed by atoms with E-state index < -0.39 is 5.67 Å². The summed E-state index contributed by atoms with van der Waals surface area (Å²) in [6, 6.07) is 4.64. The van der Waals surface area contributed by atoms with Crippen LogP contribution in [0.3, 0.4) is 0 Å². The lowest BCUT2D eigenvalue weighted by atomic mass is 9.73. The summed E-state index contributed by atoms with van der Waals surface area (Å²) in [5.74, 6) is -0.161. The molecule has 25 heavy (non-hydrogen) atoms. The lowest BCUT2D eigenvalue weighted by Gasteiger charge is -2.50. The van der Waals surface area contributed by atoms with Crippen molar-refractivity contribution in [1.82, 2.24) is 10.2 Å². The van der Waals surface area contributed by atoms with E-state index in [0.29, 0.717) is 36.4 Å². The summed E-state index contributed by atoms with van der Waals surface area (Å²) in [5, 5.41) is 13.1. The van der Waals surface area contributed by atoms with Gasteiger partial charge in [0.05, 0.1) is 6.42 Å². The first kappa shape index (κ1) is 16.5. The van der Waals surface area contributed by atoms with Crippen molar-refractivity contribution in [1.29, 1.82) is 0 Å². The minimum Gasteiger partial charge on any atom is -0.508 e. The fourth-order valence-electron chi connectivity index (χ4n) is 4.30. The molecule has 132 valence electrons. The highest BCUT2D eigenvalue weighted by molar-refractivity contribution is 6.30. The molecule has 1 heterocycles. The van der Waals surface area contributed by atoms with E-state index in [9.17, 15) is 14.3 Å². The predicted octanol–water partition coefficient (Wildman–Crippen LogP) is 3.45. The van der Waals surface area contributed by atoms with Crippen molar-refractivity contribution in [3.8, 4) is 5.75 Å². The monoisotopic (exact) mass is 362 g/mol. The SMILES string of the molecule is O=C(Cc1cc(Cl)ccc1O)NC1=CCN(C23CCC(F)(C2)C3)C=C1. The van der Waals surface area contributed by atoms with E-state index in [1.165, 1.54) is 6.07 Å². The molecule has 2 N–H and O–H groups in total. The molecule has 3 fully saturated rings. The van der Waals surface area contributed by atoms with Crippen molar-refractivity contribution >= 4 is 17.5 Å². The Morgan fingerprint density at radius 3 is 2.80 bits per heavy atom. The number of carbonyl (C=O) groups is 1. The van der Waals surface area contributed by atoms with Crippen LogP contribution in [0.15, 0.2) is 42.2 Å². The van der Waals surface area contributed by atoms with E-state index in [1.54, 1.807) is 12.1 Å². The van der Waals surface area contributed by atoms with Gasteiger partial charge in [0.15, 0.2) is 0 Å². The third-order valence-corrected chi connectivity index (χ3v) is 5.79. The van der Waals surface area contributed by atoms with Crippen LogP contribution in [0.4, 0.5) is 4.39 Å². The lowest BCUT2D eigenvalue weighted by Crippen LogP contribution is -2.55. The van der Waals surface area contributed by atoms with Crippen LogP contribution in [-0.2, 0) is 11.2 Å². The molecule has 0 radical (unpaired) electrons. The number of amides is 1. The second kappa shape index (κ2) is 5.77. The molecule has 4 aliphatic rings. The molecule has 3 saturated carbocycles. The van der Waals surface area contributed by atoms with Crippen LogP contribution < -0.4 is 5.32 Å². The Morgan fingerprint density at radius 2 is 2.16 bits per heavy atom. The number of allylic oxidation sites excluding steroid dienone is 1. The fourth-order valence-corrected chi connectivity index (χ4v) is 4.49. The Bertz CT molecular complexity index is 784. The zero-order chi connectivity index (χ0) is 17.7. The smallest absolute Gasteiger partial charge is 0.228 e. The molecule has 0 spiro atoms. The molecule has 1 aromatic rings. The Morgan fingerprint density at radius 1 is 1.36 bits per heavy atom. The standard InChI is InChI=1S/C19H20ClFN2O2/c20-14-1-2-16(24)13(9-14)10-17(25)22-15-3-7-23(8-4-15)19-6-5-18(21,11-19)12-19/h1-4,7,9,24H,5-6,8,10-12H2,(H,22,25). The van der Waals surface area contributed by atoms with E-state index in [-0.39, 0.29) is 23.6 Å². The van der Waals surface area contributed by atoms with Gasteiger partial charge >= 0.3 is 0 Å².